The molecule has 0 saturated carbocycles. The first-order valence-corrected chi connectivity index (χ1v) is 13.5. The summed E-state index contributed by atoms with van der Waals surface area (Å²) in [6.07, 6.45) is 0.725. The average Bonchev–Trinajstić information content (AvgIpc) is 3.38. The zero-order chi connectivity index (χ0) is 28.8. The summed E-state index contributed by atoms with van der Waals surface area (Å²) in [4.78, 5) is 56.1. The molecular weight excluding hydrogens is 520 g/mol. The fraction of sp³-hybridized carbons (Fsp3) is 0.250. The van der Waals surface area contributed by atoms with Crippen LogP contribution in [0.5, 0.6) is 0 Å². The summed E-state index contributed by atoms with van der Waals surface area (Å²) >= 11 is 0. The van der Waals surface area contributed by atoms with E-state index in [-0.39, 0.29) is 42.5 Å². The zero-order valence-corrected chi connectivity index (χ0v) is 23.1. The Balaban J connectivity index is 1.31. The van der Waals surface area contributed by atoms with Gasteiger partial charge in [0.15, 0.2) is 5.69 Å². The Kier molecular flexibility index (Phi) is 6.67. The normalized spacial score (nSPS) is 16.6. The van der Waals surface area contributed by atoms with Crippen LogP contribution in [0.4, 0.5) is 5.69 Å². The number of carbonyl (C=O) groups is 4. The second-order valence-electron chi connectivity index (χ2n) is 10.5. The smallest absolute Gasteiger partial charge is 0.356 e. The lowest BCUT2D eigenvalue weighted by molar-refractivity contribution is -0.118. The molecule has 0 bridgehead atoms. The number of aryl methyl sites for hydroxylation is 2. The number of hydrogen-bond acceptors (Lipinski definition) is 6. The molecule has 2 aliphatic rings. The largest absolute Gasteiger partial charge is 0.464 e. The molecule has 3 heterocycles. The maximum absolute atomic E-state index is 13.6. The molecule has 3 aromatic carbocycles. The standard InChI is InChI=1S/C32H30N4O5/c1-19-12-13-25-24(16-19)28(29(34(25)2)32(40)41-3)33-27(37)18-35-15-14-20-8-4-5-9-21(20)26(35)17-36-30(38)22-10-6-7-11-23(22)31(36)39/h4-13,16,26H,14-15,17-18H2,1-3H3,(H,33,37)/t26-/m1/s1. The van der Waals surface area contributed by atoms with Crippen LogP contribution in [0.2, 0.25) is 0 Å². The Morgan fingerprint density at radius 1 is 0.976 bits per heavy atom. The number of anilines is 1. The van der Waals surface area contributed by atoms with Crippen LogP contribution in [0.1, 0.15) is 53.9 Å². The van der Waals surface area contributed by atoms with Crippen molar-refractivity contribution in [3.05, 3.63) is 100 Å². The van der Waals surface area contributed by atoms with Gasteiger partial charge in [-0.15, -0.1) is 0 Å². The van der Waals surface area contributed by atoms with Gasteiger partial charge in [-0.3, -0.25) is 24.2 Å². The number of benzene rings is 3. The van der Waals surface area contributed by atoms with Crippen LogP contribution in [0.3, 0.4) is 0 Å². The summed E-state index contributed by atoms with van der Waals surface area (Å²) in [7, 11) is 3.07. The number of methoxy groups -OCH3 is 1. The predicted molar refractivity (Wildman–Crippen MR) is 154 cm³/mol. The Hall–Kier alpha value is -4.76. The molecular formula is C32H30N4O5. The van der Waals surface area contributed by atoms with Crippen LogP contribution in [-0.2, 0) is 23.0 Å². The number of esters is 1. The SMILES string of the molecule is COC(=O)c1c(NC(=O)CN2CCc3ccccc3[C@H]2CN2C(=O)c3ccccc3C2=O)c2cc(C)ccc2n1C. The maximum Gasteiger partial charge on any atom is 0.356 e. The van der Waals surface area contributed by atoms with Gasteiger partial charge in [0.1, 0.15) is 0 Å². The van der Waals surface area contributed by atoms with E-state index in [1.165, 1.54) is 12.0 Å². The van der Waals surface area contributed by atoms with Crippen LogP contribution in [0.15, 0.2) is 66.7 Å². The monoisotopic (exact) mass is 550 g/mol. The summed E-state index contributed by atoms with van der Waals surface area (Å²) in [6.45, 7) is 2.64. The molecule has 208 valence electrons. The Morgan fingerprint density at radius 3 is 2.37 bits per heavy atom. The van der Waals surface area contributed by atoms with E-state index >= 15 is 0 Å². The number of imide groups is 1. The molecule has 0 spiro atoms. The molecule has 0 radical (unpaired) electrons. The van der Waals surface area contributed by atoms with E-state index in [2.05, 4.69) is 5.32 Å². The van der Waals surface area contributed by atoms with Gasteiger partial charge in [-0.1, -0.05) is 48.0 Å². The van der Waals surface area contributed by atoms with Gasteiger partial charge in [-0.05, 0) is 48.7 Å². The van der Waals surface area contributed by atoms with Crippen molar-refractivity contribution in [1.82, 2.24) is 14.4 Å². The molecule has 41 heavy (non-hydrogen) atoms. The zero-order valence-electron chi connectivity index (χ0n) is 23.1. The van der Waals surface area contributed by atoms with E-state index in [4.69, 9.17) is 4.74 Å². The summed E-state index contributed by atoms with van der Waals surface area (Å²) in [6, 6.07) is 20.2. The van der Waals surface area contributed by atoms with Gasteiger partial charge in [-0.2, -0.15) is 0 Å². The van der Waals surface area contributed by atoms with E-state index in [0.717, 1.165) is 34.0 Å². The van der Waals surface area contributed by atoms with Crippen LogP contribution in [-0.4, -0.2) is 64.8 Å². The highest BCUT2D eigenvalue weighted by molar-refractivity contribution is 6.21. The molecule has 6 rings (SSSR count). The summed E-state index contributed by atoms with van der Waals surface area (Å²) < 4.78 is 6.76. The van der Waals surface area contributed by atoms with Crippen molar-refractivity contribution in [3.8, 4) is 0 Å². The minimum absolute atomic E-state index is 0.00495. The number of carbonyl (C=O) groups excluding carboxylic acids is 4. The van der Waals surface area contributed by atoms with Crippen LogP contribution < -0.4 is 5.32 Å². The second kappa shape index (κ2) is 10.3. The van der Waals surface area contributed by atoms with Crippen molar-refractivity contribution in [3.63, 3.8) is 0 Å². The third-order valence-corrected chi connectivity index (χ3v) is 8.10. The summed E-state index contributed by atoms with van der Waals surface area (Å²) in [5.74, 6) is -1.51. The third-order valence-electron chi connectivity index (χ3n) is 8.10. The van der Waals surface area contributed by atoms with Gasteiger partial charge in [0.25, 0.3) is 11.8 Å². The Labute approximate surface area is 237 Å². The molecule has 1 N–H and O–H groups in total. The van der Waals surface area contributed by atoms with Gasteiger partial charge >= 0.3 is 5.97 Å². The molecule has 2 aliphatic heterocycles. The molecule has 1 aromatic heterocycles. The van der Waals surface area contributed by atoms with Crippen molar-refractivity contribution in [1.29, 1.82) is 0 Å². The molecule has 0 saturated heterocycles. The molecule has 9 nitrogen and oxygen atoms in total. The van der Waals surface area contributed by atoms with Crippen LogP contribution in [0.25, 0.3) is 10.9 Å². The topological polar surface area (TPSA) is 101 Å². The Bertz CT molecular complexity index is 1700. The molecule has 1 atom stereocenters. The minimum Gasteiger partial charge on any atom is -0.464 e. The third kappa shape index (κ3) is 4.48. The number of aromatic nitrogens is 1. The number of ether oxygens (including phenoxy) is 1. The number of fused-ring (bicyclic) bond motifs is 3. The summed E-state index contributed by atoms with van der Waals surface area (Å²) in [5, 5.41) is 3.73. The van der Waals surface area contributed by atoms with E-state index in [0.29, 0.717) is 23.4 Å². The maximum atomic E-state index is 13.6. The highest BCUT2D eigenvalue weighted by Gasteiger charge is 2.39. The van der Waals surface area contributed by atoms with Crippen LogP contribution >= 0.6 is 0 Å². The van der Waals surface area contributed by atoms with Crippen molar-refractivity contribution in [2.45, 2.75) is 19.4 Å². The first-order valence-electron chi connectivity index (χ1n) is 13.5. The van der Waals surface area contributed by atoms with Crippen molar-refractivity contribution in [2.75, 3.05) is 32.1 Å². The van der Waals surface area contributed by atoms with Crippen molar-refractivity contribution in [2.24, 2.45) is 7.05 Å². The van der Waals surface area contributed by atoms with E-state index in [1.807, 2.05) is 54.3 Å². The van der Waals surface area contributed by atoms with Crippen LogP contribution in [0, 0.1) is 6.92 Å². The number of nitrogens with one attached hydrogen (secondary N) is 1. The van der Waals surface area contributed by atoms with Gasteiger partial charge in [0.2, 0.25) is 5.91 Å². The van der Waals surface area contributed by atoms with Crippen molar-refractivity contribution < 1.29 is 23.9 Å². The number of nitrogens with zero attached hydrogens (tertiary/aromatic N) is 3. The molecule has 9 heteroatoms. The van der Waals surface area contributed by atoms with Gasteiger partial charge < -0.3 is 14.6 Å². The van der Waals surface area contributed by atoms with E-state index < -0.39 is 5.97 Å². The van der Waals surface area contributed by atoms with Gasteiger partial charge in [-0.25, -0.2) is 4.79 Å². The fourth-order valence-electron chi connectivity index (χ4n) is 6.07. The predicted octanol–water partition coefficient (Wildman–Crippen LogP) is 4.11. The highest BCUT2D eigenvalue weighted by atomic mass is 16.5. The average molecular weight is 551 g/mol. The highest BCUT2D eigenvalue weighted by Crippen LogP contribution is 2.35. The molecule has 0 aliphatic carbocycles. The fourth-order valence-corrected chi connectivity index (χ4v) is 6.07. The first-order chi connectivity index (χ1) is 19.8. The number of amides is 3. The quantitative estimate of drug-likeness (QED) is 0.287. The lowest BCUT2D eigenvalue weighted by Gasteiger charge is -2.38. The number of rotatable bonds is 6. The first kappa shape index (κ1) is 26.5. The minimum atomic E-state index is -0.549. The molecule has 0 fully saturated rings. The van der Waals surface area contributed by atoms with E-state index in [9.17, 15) is 19.2 Å². The number of hydrogen-bond donors (Lipinski definition) is 1. The molecule has 4 aromatic rings. The lowest BCUT2D eigenvalue weighted by atomic mass is 9.92. The van der Waals surface area contributed by atoms with Crippen molar-refractivity contribution >= 4 is 40.3 Å². The van der Waals surface area contributed by atoms with E-state index in [1.54, 1.807) is 35.9 Å². The molecule has 3 amide bonds. The van der Waals surface area contributed by atoms with Gasteiger partial charge in [0, 0.05) is 25.5 Å². The lowest BCUT2D eigenvalue weighted by Crippen LogP contribution is -2.46. The Morgan fingerprint density at radius 2 is 1.66 bits per heavy atom. The summed E-state index contributed by atoms with van der Waals surface area (Å²) in [5.41, 5.74) is 5.35. The van der Waals surface area contributed by atoms with Gasteiger partial charge in [0.05, 0.1) is 42.0 Å². The molecule has 0 unspecified atom stereocenters. The second-order valence-corrected chi connectivity index (χ2v) is 10.5.